The molecule has 2 aromatic rings. The van der Waals surface area contributed by atoms with E-state index in [1.807, 2.05) is 18.7 Å². The number of aromatic nitrogens is 4. The zero-order valence-electron chi connectivity index (χ0n) is 12.7. The minimum atomic E-state index is -0.210. The lowest BCUT2D eigenvalue weighted by Gasteiger charge is -2.32. The molecule has 3 heterocycles. The van der Waals surface area contributed by atoms with Gasteiger partial charge in [0.1, 0.15) is 6.10 Å². The van der Waals surface area contributed by atoms with E-state index >= 15 is 0 Å². The number of aromatic amines is 1. The van der Waals surface area contributed by atoms with Gasteiger partial charge in [-0.1, -0.05) is 0 Å². The minimum Gasteiger partial charge on any atom is -0.368 e. The number of rotatable bonds is 3. The lowest BCUT2D eigenvalue weighted by Crippen LogP contribution is -2.43. The molecule has 22 heavy (non-hydrogen) atoms. The monoisotopic (exact) mass is 301 g/mol. The summed E-state index contributed by atoms with van der Waals surface area (Å²) >= 11 is 0. The normalized spacial score (nSPS) is 18.5. The van der Waals surface area contributed by atoms with Crippen LogP contribution in [0.15, 0.2) is 18.6 Å². The summed E-state index contributed by atoms with van der Waals surface area (Å²) in [6, 6.07) is 0. The van der Waals surface area contributed by atoms with Crippen molar-refractivity contribution in [2.45, 2.75) is 26.4 Å². The van der Waals surface area contributed by atoms with Crippen LogP contribution in [0.3, 0.4) is 0 Å². The molecule has 116 valence electrons. The molecule has 0 aromatic carbocycles. The molecule has 0 radical (unpaired) electrons. The van der Waals surface area contributed by atoms with Gasteiger partial charge in [-0.15, -0.1) is 0 Å². The minimum absolute atomic E-state index is 0.0878. The van der Waals surface area contributed by atoms with Gasteiger partial charge in [-0.3, -0.25) is 19.9 Å². The Morgan fingerprint density at radius 3 is 3.00 bits per heavy atom. The Balaban J connectivity index is 1.68. The fourth-order valence-corrected chi connectivity index (χ4v) is 2.63. The van der Waals surface area contributed by atoms with Crippen LogP contribution in [-0.4, -0.2) is 50.7 Å². The van der Waals surface area contributed by atoms with E-state index in [1.54, 1.807) is 18.6 Å². The Hall–Kier alpha value is -2.28. The molecule has 1 amide bonds. The molecule has 1 fully saturated rings. The summed E-state index contributed by atoms with van der Waals surface area (Å²) in [6.07, 6.45) is 5.10. The van der Waals surface area contributed by atoms with Crippen LogP contribution in [0, 0.1) is 13.8 Å². The summed E-state index contributed by atoms with van der Waals surface area (Å²) in [6.45, 7) is 5.47. The molecular weight excluding hydrogens is 282 g/mol. The lowest BCUT2D eigenvalue weighted by atomic mass is 10.1. The third-order valence-corrected chi connectivity index (χ3v) is 3.94. The number of nitrogens with one attached hydrogen (secondary N) is 1. The molecule has 7 heteroatoms. The number of nitrogens with zero attached hydrogens (tertiary/aromatic N) is 4. The largest absolute Gasteiger partial charge is 0.368 e. The van der Waals surface area contributed by atoms with Gasteiger partial charge >= 0.3 is 0 Å². The first kappa shape index (κ1) is 14.6. The second kappa shape index (κ2) is 6.23. The molecule has 1 saturated heterocycles. The summed E-state index contributed by atoms with van der Waals surface area (Å²) in [5, 5.41) is 7.05. The van der Waals surface area contributed by atoms with Crippen molar-refractivity contribution in [1.82, 2.24) is 25.1 Å². The van der Waals surface area contributed by atoms with E-state index in [2.05, 4.69) is 20.2 Å². The van der Waals surface area contributed by atoms with Gasteiger partial charge in [0.25, 0.3) is 0 Å². The quantitative estimate of drug-likeness (QED) is 0.913. The number of hydrogen-bond acceptors (Lipinski definition) is 5. The van der Waals surface area contributed by atoms with E-state index in [1.165, 1.54) is 0 Å². The van der Waals surface area contributed by atoms with Crippen LogP contribution in [-0.2, 0) is 16.0 Å². The van der Waals surface area contributed by atoms with Gasteiger partial charge in [0.05, 0.1) is 37.2 Å². The Labute approximate surface area is 128 Å². The van der Waals surface area contributed by atoms with Crippen LogP contribution >= 0.6 is 0 Å². The summed E-state index contributed by atoms with van der Waals surface area (Å²) in [5.41, 5.74) is 3.57. The number of carbonyl (C=O) groups is 1. The van der Waals surface area contributed by atoms with Gasteiger partial charge in [-0.05, 0) is 13.8 Å². The Morgan fingerprint density at radius 2 is 2.32 bits per heavy atom. The molecule has 3 rings (SSSR count). The van der Waals surface area contributed by atoms with Gasteiger partial charge < -0.3 is 9.64 Å². The topological polar surface area (TPSA) is 84.0 Å². The smallest absolute Gasteiger partial charge is 0.227 e. The summed E-state index contributed by atoms with van der Waals surface area (Å²) in [5.74, 6) is 0.0878. The molecule has 1 aliphatic heterocycles. The van der Waals surface area contributed by atoms with Crippen LogP contribution in [0.1, 0.15) is 28.7 Å². The van der Waals surface area contributed by atoms with E-state index in [-0.39, 0.29) is 12.0 Å². The van der Waals surface area contributed by atoms with Crippen LogP contribution < -0.4 is 0 Å². The van der Waals surface area contributed by atoms with Crippen molar-refractivity contribution in [3.8, 4) is 0 Å². The maximum absolute atomic E-state index is 12.5. The van der Waals surface area contributed by atoms with E-state index in [0.717, 1.165) is 22.6 Å². The molecule has 1 atom stereocenters. The maximum atomic E-state index is 12.5. The lowest BCUT2D eigenvalue weighted by molar-refractivity contribution is -0.138. The number of H-pyrrole nitrogens is 1. The predicted octanol–water partition coefficient (Wildman–Crippen LogP) is 0.959. The average molecular weight is 301 g/mol. The summed E-state index contributed by atoms with van der Waals surface area (Å²) in [7, 11) is 0. The molecule has 1 aliphatic rings. The molecular formula is C15H19N5O2. The van der Waals surface area contributed by atoms with Crippen LogP contribution in [0.5, 0.6) is 0 Å². The second-order valence-electron chi connectivity index (χ2n) is 5.42. The Kier molecular flexibility index (Phi) is 4.15. The number of morpholine rings is 1. The third kappa shape index (κ3) is 2.99. The van der Waals surface area contributed by atoms with Crippen molar-refractivity contribution < 1.29 is 9.53 Å². The van der Waals surface area contributed by atoms with Gasteiger partial charge in [-0.2, -0.15) is 5.10 Å². The fraction of sp³-hybridized carbons (Fsp3) is 0.467. The zero-order valence-corrected chi connectivity index (χ0v) is 12.7. The van der Waals surface area contributed by atoms with E-state index < -0.39 is 0 Å². The van der Waals surface area contributed by atoms with Crippen LogP contribution in [0.25, 0.3) is 0 Å². The van der Waals surface area contributed by atoms with Gasteiger partial charge in [0.2, 0.25) is 5.91 Å². The number of hydrogen-bond donors (Lipinski definition) is 1. The van der Waals surface area contributed by atoms with Crippen molar-refractivity contribution in [2.24, 2.45) is 0 Å². The molecule has 0 bridgehead atoms. The van der Waals surface area contributed by atoms with Crippen LogP contribution in [0.4, 0.5) is 0 Å². The molecule has 1 N–H and O–H groups in total. The fourth-order valence-electron chi connectivity index (χ4n) is 2.63. The van der Waals surface area contributed by atoms with Gasteiger partial charge in [0, 0.05) is 30.2 Å². The van der Waals surface area contributed by atoms with Crippen molar-refractivity contribution >= 4 is 5.91 Å². The summed E-state index contributed by atoms with van der Waals surface area (Å²) in [4.78, 5) is 22.7. The standard InChI is InChI=1S/C15H19N5O2/c1-10-12(11(2)19-18-10)7-15(21)20-5-6-22-14(9-20)13-8-16-3-4-17-13/h3-4,8,14H,5-7,9H2,1-2H3,(H,18,19)/t14-/m0/s1. The zero-order chi connectivity index (χ0) is 15.5. The third-order valence-electron chi connectivity index (χ3n) is 3.94. The highest BCUT2D eigenvalue weighted by Crippen LogP contribution is 2.21. The average Bonchev–Trinajstić information content (AvgIpc) is 2.88. The second-order valence-corrected chi connectivity index (χ2v) is 5.42. The number of amides is 1. The van der Waals surface area contributed by atoms with E-state index in [9.17, 15) is 4.79 Å². The summed E-state index contributed by atoms with van der Waals surface area (Å²) < 4.78 is 5.71. The Bertz CT molecular complexity index is 636. The highest BCUT2D eigenvalue weighted by molar-refractivity contribution is 5.79. The number of carbonyl (C=O) groups excluding carboxylic acids is 1. The van der Waals surface area contributed by atoms with Gasteiger partial charge in [0.15, 0.2) is 0 Å². The first-order valence-corrected chi connectivity index (χ1v) is 7.31. The van der Waals surface area contributed by atoms with Crippen molar-refractivity contribution in [3.05, 3.63) is 41.2 Å². The van der Waals surface area contributed by atoms with E-state index in [4.69, 9.17) is 4.74 Å². The molecule has 0 aliphatic carbocycles. The van der Waals surface area contributed by atoms with E-state index in [0.29, 0.717) is 26.1 Å². The first-order valence-electron chi connectivity index (χ1n) is 7.31. The SMILES string of the molecule is Cc1n[nH]c(C)c1CC(=O)N1CCO[C@H](c2cnccn2)C1. The molecule has 7 nitrogen and oxygen atoms in total. The first-order chi connectivity index (χ1) is 10.6. The predicted molar refractivity (Wildman–Crippen MR) is 79.1 cm³/mol. The van der Waals surface area contributed by atoms with Crippen molar-refractivity contribution in [2.75, 3.05) is 19.7 Å². The van der Waals surface area contributed by atoms with Crippen molar-refractivity contribution in [1.29, 1.82) is 0 Å². The Morgan fingerprint density at radius 1 is 1.45 bits per heavy atom. The molecule has 2 aromatic heterocycles. The highest BCUT2D eigenvalue weighted by Gasteiger charge is 2.27. The highest BCUT2D eigenvalue weighted by atomic mass is 16.5. The molecule has 0 spiro atoms. The van der Waals surface area contributed by atoms with Crippen molar-refractivity contribution in [3.63, 3.8) is 0 Å². The van der Waals surface area contributed by atoms with Crippen LogP contribution in [0.2, 0.25) is 0 Å². The molecule has 0 unspecified atom stereocenters. The number of aryl methyl sites for hydroxylation is 2. The maximum Gasteiger partial charge on any atom is 0.227 e. The number of ether oxygens (including phenoxy) is 1. The molecule has 0 saturated carbocycles. The van der Waals surface area contributed by atoms with Gasteiger partial charge in [-0.25, -0.2) is 0 Å².